The largest absolute Gasteiger partial charge is 0.383 e. The predicted molar refractivity (Wildman–Crippen MR) is 84.2 cm³/mol. The van der Waals surface area contributed by atoms with Crippen LogP contribution >= 0.6 is 0 Å². The number of nitrogen functional groups attached to an aromatic ring is 1. The summed E-state index contributed by atoms with van der Waals surface area (Å²) in [6.07, 6.45) is 0. The fourth-order valence-electron chi connectivity index (χ4n) is 2.33. The topological polar surface area (TPSA) is 62.7 Å². The SMILES string of the molecule is N#Cc1c(-c2ccc(F)c(F)c2)cc(-c2ccccc2)nc1N. The Morgan fingerprint density at radius 3 is 2.30 bits per heavy atom. The van der Waals surface area contributed by atoms with Gasteiger partial charge in [-0.3, -0.25) is 0 Å². The molecule has 3 nitrogen and oxygen atoms in total. The number of hydrogen-bond donors (Lipinski definition) is 1. The number of nitriles is 1. The van der Waals surface area contributed by atoms with E-state index in [0.717, 1.165) is 17.7 Å². The van der Waals surface area contributed by atoms with Crippen molar-refractivity contribution in [1.29, 1.82) is 5.26 Å². The molecule has 0 saturated carbocycles. The van der Waals surface area contributed by atoms with Gasteiger partial charge in [0.1, 0.15) is 17.5 Å². The van der Waals surface area contributed by atoms with Crippen LogP contribution in [0.15, 0.2) is 54.6 Å². The Hall–Kier alpha value is -3.26. The molecule has 0 saturated heterocycles. The van der Waals surface area contributed by atoms with Crippen molar-refractivity contribution in [1.82, 2.24) is 4.98 Å². The molecule has 0 amide bonds. The Morgan fingerprint density at radius 2 is 1.65 bits per heavy atom. The molecule has 2 N–H and O–H groups in total. The van der Waals surface area contributed by atoms with E-state index in [9.17, 15) is 14.0 Å². The predicted octanol–water partition coefficient (Wildman–Crippen LogP) is 4.15. The van der Waals surface area contributed by atoms with Gasteiger partial charge >= 0.3 is 0 Å². The van der Waals surface area contributed by atoms with E-state index in [-0.39, 0.29) is 11.4 Å². The fourth-order valence-corrected chi connectivity index (χ4v) is 2.33. The summed E-state index contributed by atoms with van der Waals surface area (Å²) in [4.78, 5) is 4.23. The highest BCUT2D eigenvalue weighted by Gasteiger charge is 2.14. The van der Waals surface area contributed by atoms with E-state index >= 15 is 0 Å². The molecule has 0 aliphatic carbocycles. The van der Waals surface area contributed by atoms with E-state index in [4.69, 9.17) is 5.73 Å². The van der Waals surface area contributed by atoms with Gasteiger partial charge < -0.3 is 5.73 Å². The second-order valence-electron chi connectivity index (χ2n) is 4.92. The standard InChI is InChI=1S/C18H11F2N3/c19-15-7-6-12(8-16(15)20)13-9-17(11-4-2-1-3-5-11)23-18(22)14(13)10-21/h1-9H,(H2,22,23). The fraction of sp³-hybridized carbons (Fsp3) is 0. The molecule has 1 heterocycles. The van der Waals surface area contributed by atoms with Crippen molar-refractivity contribution in [3.63, 3.8) is 0 Å². The third kappa shape index (κ3) is 2.74. The molecule has 0 unspecified atom stereocenters. The second kappa shape index (κ2) is 5.85. The molecule has 0 aliphatic rings. The van der Waals surface area contributed by atoms with Gasteiger partial charge in [0.15, 0.2) is 11.6 Å². The zero-order valence-corrected chi connectivity index (χ0v) is 11.9. The average Bonchev–Trinajstić information content (AvgIpc) is 2.57. The minimum atomic E-state index is -0.983. The monoisotopic (exact) mass is 307 g/mol. The highest BCUT2D eigenvalue weighted by atomic mass is 19.2. The molecule has 112 valence electrons. The van der Waals surface area contributed by atoms with Crippen molar-refractivity contribution in [2.24, 2.45) is 0 Å². The van der Waals surface area contributed by atoms with E-state index in [1.54, 1.807) is 6.07 Å². The number of rotatable bonds is 2. The smallest absolute Gasteiger partial charge is 0.159 e. The van der Waals surface area contributed by atoms with Gasteiger partial charge in [-0.25, -0.2) is 13.8 Å². The third-order valence-electron chi connectivity index (χ3n) is 3.46. The Bertz CT molecular complexity index is 916. The lowest BCUT2D eigenvalue weighted by Crippen LogP contribution is -2.00. The number of nitrogens with zero attached hydrogens (tertiary/aromatic N) is 2. The normalized spacial score (nSPS) is 10.3. The Kier molecular flexibility index (Phi) is 3.73. The summed E-state index contributed by atoms with van der Waals surface area (Å²) in [5.41, 5.74) is 8.16. The summed E-state index contributed by atoms with van der Waals surface area (Å²) in [5, 5.41) is 9.31. The van der Waals surface area contributed by atoms with Crippen LogP contribution in [0.4, 0.5) is 14.6 Å². The van der Waals surface area contributed by atoms with Crippen molar-refractivity contribution >= 4 is 5.82 Å². The first-order chi connectivity index (χ1) is 11.1. The van der Waals surface area contributed by atoms with Crippen molar-refractivity contribution in [3.05, 3.63) is 71.8 Å². The molecule has 3 aromatic rings. The number of anilines is 1. The number of nitrogens with two attached hydrogens (primary N) is 1. The lowest BCUT2D eigenvalue weighted by atomic mass is 9.98. The van der Waals surface area contributed by atoms with Crippen LogP contribution in [-0.4, -0.2) is 4.98 Å². The molecule has 1 aromatic heterocycles. The average molecular weight is 307 g/mol. The molecule has 3 rings (SSSR count). The lowest BCUT2D eigenvalue weighted by Gasteiger charge is -2.10. The van der Waals surface area contributed by atoms with E-state index in [2.05, 4.69) is 4.98 Å². The second-order valence-corrected chi connectivity index (χ2v) is 4.92. The number of pyridine rings is 1. The molecule has 23 heavy (non-hydrogen) atoms. The van der Waals surface area contributed by atoms with Gasteiger partial charge in [-0.2, -0.15) is 5.26 Å². The van der Waals surface area contributed by atoms with E-state index in [0.29, 0.717) is 16.8 Å². The third-order valence-corrected chi connectivity index (χ3v) is 3.46. The molecule has 0 bridgehead atoms. The van der Waals surface area contributed by atoms with Crippen LogP contribution in [0.3, 0.4) is 0 Å². The van der Waals surface area contributed by atoms with Crippen molar-refractivity contribution < 1.29 is 8.78 Å². The maximum Gasteiger partial charge on any atom is 0.159 e. The summed E-state index contributed by atoms with van der Waals surface area (Å²) in [6, 6.07) is 16.4. The summed E-state index contributed by atoms with van der Waals surface area (Å²) in [7, 11) is 0. The van der Waals surface area contributed by atoms with Crippen LogP contribution in [0.5, 0.6) is 0 Å². The Labute approximate surface area is 131 Å². The summed E-state index contributed by atoms with van der Waals surface area (Å²) in [6.45, 7) is 0. The van der Waals surface area contributed by atoms with Gasteiger partial charge in [0.05, 0.1) is 5.69 Å². The van der Waals surface area contributed by atoms with E-state index < -0.39 is 11.6 Å². The molecular weight excluding hydrogens is 296 g/mol. The molecule has 2 aromatic carbocycles. The molecule has 0 fully saturated rings. The van der Waals surface area contributed by atoms with Gasteiger partial charge in [0.2, 0.25) is 0 Å². The van der Waals surface area contributed by atoms with Crippen molar-refractivity contribution in [2.75, 3.05) is 5.73 Å². The van der Waals surface area contributed by atoms with Crippen LogP contribution in [0, 0.1) is 23.0 Å². The first-order valence-electron chi connectivity index (χ1n) is 6.81. The Morgan fingerprint density at radius 1 is 0.913 bits per heavy atom. The Balaban J connectivity index is 2.24. The molecule has 0 spiro atoms. The zero-order valence-electron chi connectivity index (χ0n) is 11.9. The number of halogens is 2. The molecule has 5 heteroatoms. The van der Waals surface area contributed by atoms with Crippen molar-refractivity contribution in [2.45, 2.75) is 0 Å². The highest BCUT2D eigenvalue weighted by Crippen LogP contribution is 2.31. The van der Waals surface area contributed by atoms with E-state index in [1.807, 2.05) is 36.4 Å². The maximum atomic E-state index is 13.5. The van der Waals surface area contributed by atoms with Gasteiger partial charge in [-0.05, 0) is 23.8 Å². The van der Waals surface area contributed by atoms with Gasteiger partial charge in [0, 0.05) is 11.1 Å². The maximum absolute atomic E-state index is 13.5. The zero-order chi connectivity index (χ0) is 16.4. The van der Waals surface area contributed by atoms with E-state index in [1.165, 1.54) is 6.07 Å². The van der Waals surface area contributed by atoms with Gasteiger partial charge in [-0.15, -0.1) is 0 Å². The first kappa shape index (κ1) is 14.7. The highest BCUT2D eigenvalue weighted by molar-refractivity contribution is 5.80. The molecular formula is C18H11F2N3. The number of benzene rings is 2. The molecule has 0 radical (unpaired) electrons. The van der Waals surface area contributed by atoms with Crippen LogP contribution in [0.2, 0.25) is 0 Å². The molecule has 0 aliphatic heterocycles. The molecule has 0 atom stereocenters. The number of hydrogen-bond acceptors (Lipinski definition) is 3. The summed E-state index contributed by atoms with van der Waals surface area (Å²) < 4.78 is 26.7. The summed E-state index contributed by atoms with van der Waals surface area (Å²) in [5.74, 6) is -1.88. The van der Waals surface area contributed by atoms with Crippen LogP contribution in [0.1, 0.15) is 5.56 Å². The van der Waals surface area contributed by atoms with Crippen molar-refractivity contribution in [3.8, 4) is 28.5 Å². The quantitative estimate of drug-likeness (QED) is 0.773. The number of aromatic nitrogens is 1. The van der Waals surface area contributed by atoms with Crippen LogP contribution < -0.4 is 5.73 Å². The minimum Gasteiger partial charge on any atom is -0.383 e. The first-order valence-corrected chi connectivity index (χ1v) is 6.81. The van der Waals surface area contributed by atoms with Gasteiger partial charge in [-0.1, -0.05) is 36.4 Å². The lowest BCUT2D eigenvalue weighted by molar-refractivity contribution is 0.509. The summed E-state index contributed by atoms with van der Waals surface area (Å²) >= 11 is 0. The minimum absolute atomic E-state index is 0.0496. The van der Waals surface area contributed by atoms with Gasteiger partial charge in [0.25, 0.3) is 0 Å². The van der Waals surface area contributed by atoms with Crippen LogP contribution in [-0.2, 0) is 0 Å². The van der Waals surface area contributed by atoms with Crippen LogP contribution in [0.25, 0.3) is 22.4 Å².